The van der Waals surface area contributed by atoms with E-state index in [0.29, 0.717) is 28.7 Å². The van der Waals surface area contributed by atoms with Gasteiger partial charge in [0.1, 0.15) is 0 Å². The number of benzene rings is 1. The average molecular weight is 366 g/mol. The van der Waals surface area contributed by atoms with E-state index in [1.54, 1.807) is 18.8 Å². The first-order valence-corrected chi connectivity index (χ1v) is 8.61. The highest BCUT2D eigenvalue weighted by Gasteiger charge is 2.12. The Kier molecular flexibility index (Phi) is 4.68. The number of aromatic nitrogens is 4. The van der Waals surface area contributed by atoms with E-state index in [2.05, 4.69) is 15.3 Å². The van der Waals surface area contributed by atoms with E-state index >= 15 is 0 Å². The van der Waals surface area contributed by atoms with Crippen molar-refractivity contribution in [2.45, 2.75) is 4.90 Å². The molecule has 2 heterocycles. The number of aryl methyl sites for hydroxylation is 1. The number of imidazole rings is 1. The van der Waals surface area contributed by atoms with Crippen molar-refractivity contribution in [2.24, 2.45) is 14.1 Å². The Morgan fingerprint density at radius 1 is 1.21 bits per heavy atom. The van der Waals surface area contributed by atoms with Gasteiger partial charge in [0.2, 0.25) is 5.95 Å². The fraction of sp³-hybridized carbons (Fsp3) is 0.267. The van der Waals surface area contributed by atoms with Crippen LogP contribution >= 0.6 is 23.4 Å². The van der Waals surface area contributed by atoms with Gasteiger partial charge in [0, 0.05) is 36.3 Å². The quantitative estimate of drug-likeness (QED) is 0.532. The van der Waals surface area contributed by atoms with E-state index in [1.165, 1.54) is 11.6 Å². The molecule has 0 saturated heterocycles. The number of nitrogens with zero attached hydrogens (tertiary/aromatic N) is 3. The highest BCUT2D eigenvalue weighted by Crippen LogP contribution is 2.20. The molecule has 0 aliphatic rings. The molecule has 3 aromatic rings. The van der Waals surface area contributed by atoms with Crippen LogP contribution in [0.15, 0.2) is 38.8 Å². The number of halogens is 1. The van der Waals surface area contributed by atoms with E-state index < -0.39 is 5.69 Å². The second-order valence-corrected chi connectivity index (χ2v) is 6.82. The molecule has 0 atom stereocenters. The van der Waals surface area contributed by atoms with Gasteiger partial charge in [-0.25, -0.2) is 4.79 Å². The van der Waals surface area contributed by atoms with Crippen LogP contribution in [0.1, 0.15) is 0 Å². The summed E-state index contributed by atoms with van der Waals surface area (Å²) in [6, 6.07) is 7.64. The minimum atomic E-state index is -0.399. The Balaban J connectivity index is 1.69. The number of thioether (sulfide) groups is 1. The third-order valence-electron chi connectivity index (χ3n) is 3.57. The molecule has 24 heavy (non-hydrogen) atoms. The van der Waals surface area contributed by atoms with Crippen molar-refractivity contribution in [1.29, 1.82) is 0 Å². The smallest absolute Gasteiger partial charge is 0.332 e. The standard InChI is InChI=1S/C15H16ClN5O2S/c1-20-12-11(13(22)21(2)15(20)23)18-14(19-12)17-7-8-24-10-5-3-9(16)4-6-10/h3-6H,7-8H2,1-2H3,(H2,17,18,19). The number of anilines is 1. The number of hydrogen-bond acceptors (Lipinski definition) is 5. The van der Waals surface area contributed by atoms with Crippen molar-refractivity contribution in [3.05, 3.63) is 50.1 Å². The van der Waals surface area contributed by atoms with Crippen LogP contribution in [0.2, 0.25) is 5.02 Å². The van der Waals surface area contributed by atoms with Crippen LogP contribution in [0.4, 0.5) is 5.95 Å². The summed E-state index contributed by atoms with van der Waals surface area (Å²) in [5.74, 6) is 1.29. The maximum atomic E-state index is 12.1. The SMILES string of the molecule is Cn1c(=O)c2[nH]c(NCCSc3ccc(Cl)cc3)nc2n(C)c1=O. The van der Waals surface area contributed by atoms with Gasteiger partial charge in [0.05, 0.1) is 0 Å². The van der Waals surface area contributed by atoms with Gasteiger partial charge in [-0.15, -0.1) is 11.8 Å². The van der Waals surface area contributed by atoms with Crippen LogP contribution < -0.4 is 16.6 Å². The van der Waals surface area contributed by atoms with Crippen LogP contribution in [0, 0.1) is 0 Å². The molecule has 0 aliphatic heterocycles. The normalized spacial score (nSPS) is 11.1. The minimum Gasteiger partial charge on any atom is -0.355 e. The van der Waals surface area contributed by atoms with Crippen LogP contribution in [-0.4, -0.2) is 31.4 Å². The molecule has 0 amide bonds. The zero-order valence-corrected chi connectivity index (χ0v) is 14.7. The van der Waals surface area contributed by atoms with Crippen LogP contribution in [0.5, 0.6) is 0 Å². The first-order chi connectivity index (χ1) is 11.5. The predicted octanol–water partition coefficient (Wildman–Crippen LogP) is 1.82. The van der Waals surface area contributed by atoms with Crippen LogP contribution in [0.25, 0.3) is 11.2 Å². The summed E-state index contributed by atoms with van der Waals surface area (Å²) in [4.78, 5) is 32.3. The molecule has 9 heteroatoms. The van der Waals surface area contributed by atoms with Gasteiger partial charge in [0.15, 0.2) is 11.2 Å². The monoisotopic (exact) mass is 365 g/mol. The van der Waals surface area contributed by atoms with Gasteiger partial charge in [-0.3, -0.25) is 13.9 Å². The summed E-state index contributed by atoms with van der Waals surface area (Å²) in [5.41, 5.74) is -0.128. The molecule has 126 valence electrons. The van der Waals surface area contributed by atoms with Gasteiger partial charge < -0.3 is 10.3 Å². The van der Waals surface area contributed by atoms with Crippen molar-refractivity contribution in [3.8, 4) is 0 Å². The van der Waals surface area contributed by atoms with Crippen molar-refractivity contribution in [3.63, 3.8) is 0 Å². The maximum Gasteiger partial charge on any atom is 0.332 e. The Hall–Kier alpha value is -2.19. The molecule has 3 rings (SSSR count). The molecule has 0 unspecified atom stereocenters. The summed E-state index contributed by atoms with van der Waals surface area (Å²) in [5, 5.41) is 3.85. The molecule has 2 N–H and O–H groups in total. The summed E-state index contributed by atoms with van der Waals surface area (Å²) in [6.07, 6.45) is 0. The van der Waals surface area contributed by atoms with Gasteiger partial charge in [-0.2, -0.15) is 4.98 Å². The Bertz CT molecular complexity index is 990. The zero-order valence-electron chi connectivity index (χ0n) is 13.2. The number of hydrogen-bond donors (Lipinski definition) is 2. The molecular formula is C15H16ClN5O2S. The topological polar surface area (TPSA) is 84.7 Å². The first-order valence-electron chi connectivity index (χ1n) is 7.25. The van der Waals surface area contributed by atoms with Crippen molar-refractivity contribution >= 4 is 40.5 Å². The third kappa shape index (κ3) is 3.20. The third-order valence-corrected chi connectivity index (χ3v) is 4.84. The second-order valence-electron chi connectivity index (χ2n) is 5.22. The Morgan fingerprint density at radius 3 is 2.62 bits per heavy atom. The minimum absolute atomic E-state index is 0.312. The second kappa shape index (κ2) is 6.74. The molecule has 0 aliphatic carbocycles. The predicted molar refractivity (Wildman–Crippen MR) is 97.2 cm³/mol. The number of H-pyrrole nitrogens is 1. The number of aromatic amines is 1. The number of rotatable bonds is 5. The molecule has 0 spiro atoms. The van der Waals surface area contributed by atoms with E-state index in [-0.39, 0.29) is 5.56 Å². The summed E-state index contributed by atoms with van der Waals surface area (Å²) in [6.45, 7) is 0.654. The summed E-state index contributed by atoms with van der Waals surface area (Å²) in [7, 11) is 3.03. The Labute approximate surface area is 146 Å². The van der Waals surface area contributed by atoms with Gasteiger partial charge in [0.25, 0.3) is 5.56 Å². The van der Waals surface area contributed by atoms with Gasteiger partial charge >= 0.3 is 5.69 Å². The molecule has 2 aromatic heterocycles. The van der Waals surface area contributed by atoms with E-state index in [9.17, 15) is 9.59 Å². The highest BCUT2D eigenvalue weighted by molar-refractivity contribution is 7.99. The van der Waals surface area contributed by atoms with E-state index in [4.69, 9.17) is 11.6 Å². The largest absolute Gasteiger partial charge is 0.355 e. The average Bonchev–Trinajstić information content (AvgIpc) is 3.01. The number of nitrogens with one attached hydrogen (secondary N) is 2. The first kappa shape index (κ1) is 16.7. The zero-order chi connectivity index (χ0) is 17.3. The molecule has 7 nitrogen and oxygen atoms in total. The molecule has 0 fully saturated rings. The van der Waals surface area contributed by atoms with Crippen molar-refractivity contribution in [2.75, 3.05) is 17.6 Å². The van der Waals surface area contributed by atoms with Crippen LogP contribution in [0.3, 0.4) is 0 Å². The van der Waals surface area contributed by atoms with Crippen molar-refractivity contribution < 1.29 is 0 Å². The molecule has 1 aromatic carbocycles. The Morgan fingerprint density at radius 2 is 1.92 bits per heavy atom. The van der Waals surface area contributed by atoms with Crippen LogP contribution in [-0.2, 0) is 14.1 Å². The summed E-state index contributed by atoms with van der Waals surface area (Å²) < 4.78 is 2.40. The van der Waals surface area contributed by atoms with Crippen molar-refractivity contribution in [1.82, 2.24) is 19.1 Å². The molecule has 0 bridgehead atoms. The molecule has 0 saturated carbocycles. The lowest BCUT2D eigenvalue weighted by Crippen LogP contribution is -2.36. The molecule has 0 radical (unpaired) electrons. The lowest BCUT2D eigenvalue weighted by Gasteiger charge is -2.03. The fourth-order valence-corrected chi connectivity index (χ4v) is 3.17. The maximum absolute atomic E-state index is 12.1. The lowest BCUT2D eigenvalue weighted by molar-refractivity contribution is 0.709. The van der Waals surface area contributed by atoms with E-state index in [0.717, 1.165) is 15.2 Å². The summed E-state index contributed by atoms with van der Waals surface area (Å²) >= 11 is 7.54. The highest BCUT2D eigenvalue weighted by atomic mass is 35.5. The van der Waals surface area contributed by atoms with E-state index in [1.807, 2.05) is 24.3 Å². The van der Waals surface area contributed by atoms with Gasteiger partial charge in [-0.1, -0.05) is 11.6 Å². The lowest BCUT2D eigenvalue weighted by atomic mass is 10.4. The van der Waals surface area contributed by atoms with Gasteiger partial charge in [-0.05, 0) is 24.3 Å². The molecular weight excluding hydrogens is 350 g/mol. The number of fused-ring (bicyclic) bond motifs is 1. The fourth-order valence-electron chi connectivity index (χ4n) is 2.28.